The molecule has 5 nitrogen and oxygen atoms in total. The monoisotopic (exact) mass is 355 g/mol. The van der Waals surface area contributed by atoms with Gasteiger partial charge in [0.2, 0.25) is 5.78 Å². The Morgan fingerprint density at radius 1 is 1.40 bits per heavy atom. The quantitative estimate of drug-likeness (QED) is 0.461. The third-order valence-electron chi connectivity index (χ3n) is 2.58. The standard InChI is InChI=1S/C13H10BrNO4S/c1-8-6-9(2-3-10(8)15(17)18)19-7-11(16)12-4-5-13(14)20-12/h2-6H,7H2,1H3. The van der Waals surface area contributed by atoms with Crippen molar-refractivity contribution in [3.05, 3.63) is 54.7 Å². The van der Waals surface area contributed by atoms with Gasteiger partial charge in [0.05, 0.1) is 13.6 Å². The second-order valence-electron chi connectivity index (χ2n) is 4.02. The molecule has 0 saturated carbocycles. The molecule has 0 aliphatic heterocycles. The summed E-state index contributed by atoms with van der Waals surface area (Å²) >= 11 is 4.63. The zero-order valence-electron chi connectivity index (χ0n) is 10.5. The third kappa shape index (κ3) is 3.43. The molecular weight excluding hydrogens is 346 g/mol. The molecule has 0 spiro atoms. The number of carbonyl (C=O) groups is 1. The molecule has 0 amide bonds. The number of Topliss-reactive ketones (excluding diaryl/α,β-unsaturated/α-hetero) is 1. The largest absolute Gasteiger partial charge is 0.485 e. The van der Waals surface area contributed by atoms with Gasteiger partial charge in [0.25, 0.3) is 5.69 Å². The number of thiophene rings is 1. The van der Waals surface area contributed by atoms with E-state index in [0.29, 0.717) is 16.2 Å². The van der Waals surface area contributed by atoms with Crippen LogP contribution in [0.5, 0.6) is 5.75 Å². The van der Waals surface area contributed by atoms with Crippen molar-refractivity contribution in [1.29, 1.82) is 0 Å². The summed E-state index contributed by atoms with van der Waals surface area (Å²) in [6.07, 6.45) is 0. The predicted octanol–water partition coefficient (Wildman–Crippen LogP) is 3.99. The highest BCUT2D eigenvalue weighted by Crippen LogP contribution is 2.24. The van der Waals surface area contributed by atoms with Gasteiger partial charge in [-0.2, -0.15) is 0 Å². The van der Waals surface area contributed by atoms with Gasteiger partial charge in [0.15, 0.2) is 6.61 Å². The van der Waals surface area contributed by atoms with E-state index in [1.54, 1.807) is 25.1 Å². The summed E-state index contributed by atoms with van der Waals surface area (Å²) in [5.74, 6) is 0.314. The molecule has 0 N–H and O–H groups in total. The van der Waals surface area contributed by atoms with E-state index in [1.165, 1.54) is 23.5 Å². The number of aryl methyl sites for hydroxylation is 1. The number of carbonyl (C=O) groups excluding carboxylic acids is 1. The number of nitro benzene ring substituents is 1. The van der Waals surface area contributed by atoms with Crippen LogP contribution in [0.3, 0.4) is 0 Å². The van der Waals surface area contributed by atoms with E-state index >= 15 is 0 Å². The zero-order valence-corrected chi connectivity index (χ0v) is 12.9. The lowest BCUT2D eigenvalue weighted by Crippen LogP contribution is -2.10. The highest BCUT2D eigenvalue weighted by Gasteiger charge is 2.13. The van der Waals surface area contributed by atoms with Crippen molar-refractivity contribution in [1.82, 2.24) is 0 Å². The molecule has 0 saturated heterocycles. The number of ketones is 1. The molecule has 1 aromatic heterocycles. The van der Waals surface area contributed by atoms with E-state index in [2.05, 4.69) is 15.9 Å². The summed E-state index contributed by atoms with van der Waals surface area (Å²) in [5.41, 5.74) is 0.532. The lowest BCUT2D eigenvalue weighted by molar-refractivity contribution is -0.385. The molecule has 7 heteroatoms. The van der Waals surface area contributed by atoms with Crippen molar-refractivity contribution in [3.8, 4) is 5.75 Å². The molecule has 0 aliphatic rings. The average Bonchev–Trinajstić information content (AvgIpc) is 2.82. The van der Waals surface area contributed by atoms with Crippen molar-refractivity contribution < 1.29 is 14.5 Å². The summed E-state index contributed by atoms with van der Waals surface area (Å²) < 4.78 is 6.25. The molecule has 1 heterocycles. The van der Waals surface area contributed by atoms with Crippen molar-refractivity contribution in [2.24, 2.45) is 0 Å². The number of hydrogen-bond acceptors (Lipinski definition) is 5. The topological polar surface area (TPSA) is 69.4 Å². The van der Waals surface area contributed by atoms with Gasteiger partial charge in [-0.1, -0.05) is 0 Å². The van der Waals surface area contributed by atoms with Crippen LogP contribution < -0.4 is 4.74 Å². The Bertz CT molecular complexity index is 668. The molecule has 2 aromatic rings. The number of rotatable bonds is 5. The predicted molar refractivity (Wildman–Crippen MR) is 79.7 cm³/mol. The Kier molecular flexibility index (Phi) is 4.51. The first-order valence-electron chi connectivity index (χ1n) is 5.64. The van der Waals surface area contributed by atoms with E-state index < -0.39 is 4.92 Å². The van der Waals surface area contributed by atoms with Crippen molar-refractivity contribution >= 4 is 38.7 Å². The first kappa shape index (κ1) is 14.7. The molecule has 0 fully saturated rings. The van der Waals surface area contributed by atoms with Gasteiger partial charge >= 0.3 is 0 Å². The van der Waals surface area contributed by atoms with Gasteiger partial charge in [-0.3, -0.25) is 14.9 Å². The highest BCUT2D eigenvalue weighted by atomic mass is 79.9. The van der Waals surface area contributed by atoms with Crippen LogP contribution in [0.25, 0.3) is 0 Å². The fraction of sp³-hybridized carbons (Fsp3) is 0.154. The smallest absolute Gasteiger partial charge is 0.272 e. The Morgan fingerprint density at radius 2 is 2.15 bits per heavy atom. The molecule has 0 unspecified atom stereocenters. The van der Waals surface area contributed by atoms with Crippen LogP contribution in [-0.2, 0) is 0 Å². The number of benzene rings is 1. The van der Waals surface area contributed by atoms with Gasteiger partial charge < -0.3 is 4.74 Å². The highest BCUT2D eigenvalue weighted by molar-refractivity contribution is 9.11. The Hall–Kier alpha value is -1.73. The minimum atomic E-state index is -0.451. The molecule has 2 rings (SSSR count). The minimum absolute atomic E-state index is 0.0332. The van der Waals surface area contributed by atoms with E-state index in [-0.39, 0.29) is 18.1 Å². The van der Waals surface area contributed by atoms with Crippen molar-refractivity contribution in [2.45, 2.75) is 6.92 Å². The maximum atomic E-state index is 11.8. The maximum absolute atomic E-state index is 11.8. The normalized spacial score (nSPS) is 10.3. The molecule has 0 aliphatic carbocycles. The first-order chi connectivity index (χ1) is 9.47. The Balaban J connectivity index is 2.02. The summed E-state index contributed by atoms with van der Waals surface area (Å²) in [6.45, 7) is 1.54. The van der Waals surface area contributed by atoms with Crippen LogP contribution in [0.2, 0.25) is 0 Å². The number of hydrogen-bond donors (Lipinski definition) is 0. The number of halogens is 1. The fourth-order valence-corrected chi connectivity index (χ4v) is 2.92. The van der Waals surface area contributed by atoms with Gasteiger partial charge in [0.1, 0.15) is 5.75 Å². The summed E-state index contributed by atoms with van der Waals surface area (Å²) in [5, 5.41) is 10.7. The average molecular weight is 356 g/mol. The molecule has 0 atom stereocenters. The van der Waals surface area contributed by atoms with Crippen LogP contribution >= 0.6 is 27.3 Å². The molecule has 0 radical (unpaired) electrons. The number of ether oxygens (including phenoxy) is 1. The summed E-state index contributed by atoms with van der Waals surface area (Å²) in [7, 11) is 0. The zero-order chi connectivity index (χ0) is 14.7. The van der Waals surface area contributed by atoms with E-state index in [1.807, 2.05) is 0 Å². The van der Waals surface area contributed by atoms with Crippen LogP contribution in [0.15, 0.2) is 34.1 Å². The van der Waals surface area contributed by atoms with Crippen molar-refractivity contribution in [3.63, 3.8) is 0 Å². The second-order valence-corrected chi connectivity index (χ2v) is 6.48. The first-order valence-corrected chi connectivity index (χ1v) is 7.24. The van der Waals surface area contributed by atoms with Crippen LogP contribution in [0, 0.1) is 17.0 Å². The lowest BCUT2D eigenvalue weighted by atomic mass is 10.2. The summed E-state index contributed by atoms with van der Waals surface area (Å²) in [4.78, 5) is 22.7. The van der Waals surface area contributed by atoms with Gasteiger partial charge in [0, 0.05) is 11.6 Å². The fourth-order valence-electron chi connectivity index (χ4n) is 1.61. The number of nitro groups is 1. The number of nitrogens with zero attached hydrogens (tertiary/aromatic N) is 1. The summed E-state index contributed by atoms with van der Waals surface area (Å²) in [6, 6.07) is 7.94. The molecular formula is C13H10BrNO4S. The lowest BCUT2D eigenvalue weighted by Gasteiger charge is -2.05. The Morgan fingerprint density at radius 3 is 2.70 bits per heavy atom. The molecule has 1 aromatic carbocycles. The van der Waals surface area contributed by atoms with Crippen LogP contribution in [-0.4, -0.2) is 17.3 Å². The SMILES string of the molecule is Cc1cc(OCC(=O)c2ccc(Br)s2)ccc1[N+](=O)[O-]. The van der Waals surface area contributed by atoms with E-state index in [0.717, 1.165) is 3.79 Å². The van der Waals surface area contributed by atoms with Gasteiger partial charge in [-0.05, 0) is 47.1 Å². The van der Waals surface area contributed by atoms with Crippen molar-refractivity contribution in [2.75, 3.05) is 6.61 Å². The molecule has 104 valence electrons. The molecule has 20 heavy (non-hydrogen) atoms. The Labute approximate surface area is 127 Å². The van der Waals surface area contributed by atoms with Crippen LogP contribution in [0.4, 0.5) is 5.69 Å². The minimum Gasteiger partial charge on any atom is -0.485 e. The third-order valence-corrected chi connectivity index (χ3v) is 4.25. The molecule has 0 bridgehead atoms. The van der Waals surface area contributed by atoms with Gasteiger partial charge in [-0.25, -0.2) is 0 Å². The maximum Gasteiger partial charge on any atom is 0.272 e. The van der Waals surface area contributed by atoms with E-state index in [9.17, 15) is 14.9 Å². The van der Waals surface area contributed by atoms with E-state index in [4.69, 9.17) is 4.74 Å². The van der Waals surface area contributed by atoms with Gasteiger partial charge in [-0.15, -0.1) is 11.3 Å². The second kappa shape index (κ2) is 6.15. The van der Waals surface area contributed by atoms with Crippen LogP contribution in [0.1, 0.15) is 15.2 Å².